The molecule has 0 spiro atoms. The highest BCUT2D eigenvalue weighted by Crippen LogP contribution is 2.40. The topological polar surface area (TPSA) is 128 Å². The number of nitro groups is 1. The minimum absolute atomic E-state index is 0.0276. The molecule has 10 nitrogen and oxygen atoms in total. The van der Waals surface area contributed by atoms with Crippen molar-refractivity contribution in [2.75, 3.05) is 10.6 Å². The van der Waals surface area contributed by atoms with Crippen molar-refractivity contribution < 1.29 is 9.72 Å². The van der Waals surface area contributed by atoms with Crippen molar-refractivity contribution in [3.05, 3.63) is 110 Å². The Kier molecular flexibility index (Phi) is 7.32. The number of nitrogens with zero attached hydrogens (tertiary/aromatic N) is 5. The minimum Gasteiger partial charge on any atom is -0.328 e. The molecule has 1 amide bonds. The van der Waals surface area contributed by atoms with Crippen LogP contribution in [0.5, 0.6) is 0 Å². The summed E-state index contributed by atoms with van der Waals surface area (Å²) >= 11 is 14.1. The molecular formula is C25H19Cl2N7O3S. The van der Waals surface area contributed by atoms with Gasteiger partial charge in [-0.1, -0.05) is 53.2 Å². The number of non-ortho nitro benzene ring substituents is 1. The van der Waals surface area contributed by atoms with E-state index in [-0.39, 0.29) is 11.6 Å². The molecule has 0 saturated heterocycles. The standard InChI is InChI=1S/C25H19Cl2N7O3S/c1-14-21(23(35)30-17-3-2-10-28-12-17)22(19-9-6-16(26)11-20(19)27)33-24(29-14)31-25(32-33)38-13-15-4-7-18(8-5-15)34(36)37/h2-12,22H,13H2,1H3,(H,30,35)(H,29,31,32). The summed E-state index contributed by atoms with van der Waals surface area (Å²) in [6, 6.07) is 14.2. The minimum atomic E-state index is -0.686. The summed E-state index contributed by atoms with van der Waals surface area (Å²) in [5.74, 6) is 0.595. The average molecular weight is 568 g/mol. The van der Waals surface area contributed by atoms with Crippen LogP contribution in [0.25, 0.3) is 0 Å². The van der Waals surface area contributed by atoms with Crippen LogP contribution in [0.2, 0.25) is 10.0 Å². The van der Waals surface area contributed by atoms with Crippen LogP contribution in [0.1, 0.15) is 24.1 Å². The van der Waals surface area contributed by atoms with E-state index in [1.54, 1.807) is 66.5 Å². The lowest BCUT2D eigenvalue weighted by molar-refractivity contribution is -0.384. The fourth-order valence-electron chi connectivity index (χ4n) is 3.99. The van der Waals surface area contributed by atoms with E-state index in [4.69, 9.17) is 23.2 Å². The number of carbonyl (C=O) groups is 1. The summed E-state index contributed by atoms with van der Waals surface area (Å²) in [6.07, 6.45) is 3.18. The fourth-order valence-corrected chi connectivity index (χ4v) is 5.29. The number of nitro benzene ring substituents is 1. The number of pyridine rings is 1. The SMILES string of the molecule is CC1=C(C(=O)Nc2cccnc2)C(c2ccc(Cl)cc2Cl)n2nc(SCc3ccc([N+](=O)[O-])cc3)nc2N1. The molecule has 4 aromatic rings. The highest BCUT2D eigenvalue weighted by Gasteiger charge is 2.35. The van der Waals surface area contributed by atoms with E-state index in [9.17, 15) is 14.9 Å². The van der Waals surface area contributed by atoms with E-state index in [2.05, 4.69) is 25.7 Å². The maximum absolute atomic E-state index is 13.5. The van der Waals surface area contributed by atoms with E-state index in [0.29, 0.717) is 49.4 Å². The Bertz CT molecular complexity index is 1560. The van der Waals surface area contributed by atoms with Gasteiger partial charge in [-0.3, -0.25) is 19.9 Å². The third-order valence-corrected chi connectivity index (χ3v) is 7.24. The Morgan fingerprint density at radius 3 is 2.68 bits per heavy atom. The van der Waals surface area contributed by atoms with Gasteiger partial charge in [-0.25, -0.2) is 4.68 Å². The lowest BCUT2D eigenvalue weighted by Gasteiger charge is -2.29. The summed E-state index contributed by atoms with van der Waals surface area (Å²) in [5.41, 5.74) is 3.08. The van der Waals surface area contributed by atoms with Gasteiger partial charge in [-0.15, -0.1) is 5.10 Å². The Labute approximate surface area is 231 Å². The Balaban J connectivity index is 1.48. The molecule has 1 atom stereocenters. The van der Waals surface area contributed by atoms with Gasteiger partial charge >= 0.3 is 0 Å². The summed E-state index contributed by atoms with van der Waals surface area (Å²) < 4.78 is 1.62. The highest BCUT2D eigenvalue weighted by molar-refractivity contribution is 7.98. The second-order valence-corrected chi connectivity index (χ2v) is 10.1. The molecule has 2 aromatic carbocycles. The van der Waals surface area contributed by atoms with E-state index >= 15 is 0 Å². The van der Waals surface area contributed by atoms with E-state index in [1.165, 1.54) is 23.9 Å². The second kappa shape index (κ2) is 10.8. The smallest absolute Gasteiger partial charge is 0.269 e. The van der Waals surface area contributed by atoms with Gasteiger partial charge in [0.25, 0.3) is 11.6 Å². The van der Waals surface area contributed by atoms with Crippen LogP contribution in [0.4, 0.5) is 17.3 Å². The molecule has 1 unspecified atom stereocenters. The van der Waals surface area contributed by atoms with Crippen LogP contribution >= 0.6 is 35.0 Å². The zero-order valence-electron chi connectivity index (χ0n) is 19.8. The molecule has 2 N–H and O–H groups in total. The van der Waals surface area contributed by atoms with Crippen LogP contribution < -0.4 is 10.6 Å². The van der Waals surface area contributed by atoms with Crippen LogP contribution in [-0.4, -0.2) is 30.6 Å². The second-order valence-electron chi connectivity index (χ2n) is 8.30. The molecule has 0 bridgehead atoms. The van der Waals surface area contributed by atoms with Gasteiger partial charge in [0, 0.05) is 45.4 Å². The number of hydrogen-bond donors (Lipinski definition) is 2. The van der Waals surface area contributed by atoms with Crippen molar-refractivity contribution in [3.8, 4) is 0 Å². The van der Waals surface area contributed by atoms with Gasteiger partial charge < -0.3 is 10.6 Å². The molecule has 2 aromatic heterocycles. The first-order valence-electron chi connectivity index (χ1n) is 11.3. The molecule has 3 heterocycles. The number of nitrogens with one attached hydrogen (secondary N) is 2. The number of thioether (sulfide) groups is 1. The van der Waals surface area contributed by atoms with Gasteiger partial charge in [-0.05, 0) is 36.8 Å². The van der Waals surface area contributed by atoms with Gasteiger partial charge in [0.2, 0.25) is 11.1 Å². The zero-order chi connectivity index (χ0) is 26.8. The largest absolute Gasteiger partial charge is 0.328 e. The molecule has 38 heavy (non-hydrogen) atoms. The quantitative estimate of drug-likeness (QED) is 0.155. The number of amides is 1. The summed E-state index contributed by atoms with van der Waals surface area (Å²) in [6.45, 7) is 1.79. The first-order chi connectivity index (χ1) is 18.3. The predicted octanol–water partition coefficient (Wildman–Crippen LogP) is 6.11. The molecule has 13 heteroatoms. The molecule has 0 fully saturated rings. The summed E-state index contributed by atoms with van der Waals surface area (Å²) in [4.78, 5) is 32.7. The van der Waals surface area contributed by atoms with Gasteiger partial charge in [0.1, 0.15) is 6.04 Å². The summed E-state index contributed by atoms with van der Waals surface area (Å²) in [5, 5.41) is 23.0. The van der Waals surface area contributed by atoms with Crippen molar-refractivity contribution in [2.45, 2.75) is 23.9 Å². The Hall–Kier alpha value is -3.93. The fraction of sp³-hybridized carbons (Fsp3) is 0.120. The molecule has 5 rings (SSSR count). The molecule has 0 radical (unpaired) electrons. The molecule has 0 aliphatic carbocycles. The highest BCUT2D eigenvalue weighted by atomic mass is 35.5. The number of halogens is 2. The predicted molar refractivity (Wildman–Crippen MR) is 146 cm³/mol. The number of hydrogen-bond acceptors (Lipinski definition) is 8. The number of carbonyl (C=O) groups excluding carboxylic acids is 1. The maximum Gasteiger partial charge on any atom is 0.269 e. The van der Waals surface area contributed by atoms with Gasteiger partial charge in [0.05, 0.1) is 22.4 Å². The normalized spacial score (nSPS) is 14.6. The first-order valence-corrected chi connectivity index (χ1v) is 13.0. The van der Waals surface area contributed by atoms with Crippen molar-refractivity contribution in [3.63, 3.8) is 0 Å². The lowest BCUT2D eigenvalue weighted by Crippen LogP contribution is -2.31. The van der Waals surface area contributed by atoms with Gasteiger partial charge in [0.15, 0.2) is 0 Å². The van der Waals surface area contributed by atoms with Crippen molar-refractivity contribution in [1.29, 1.82) is 0 Å². The molecule has 1 aliphatic rings. The van der Waals surface area contributed by atoms with Crippen LogP contribution in [0, 0.1) is 10.1 Å². The number of anilines is 2. The Morgan fingerprint density at radius 2 is 2.00 bits per heavy atom. The van der Waals surface area contributed by atoms with Gasteiger partial charge in [-0.2, -0.15) is 4.98 Å². The van der Waals surface area contributed by atoms with Crippen molar-refractivity contribution in [2.24, 2.45) is 0 Å². The monoisotopic (exact) mass is 567 g/mol. The number of aromatic nitrogens is 4. The zero-order valence-corrected chi connectivity index (χ0v) is 22.1. The third kappa shape index (κ3) is 5.35. The maximum atomic E-state index is 13.5. The van der Waals surface area contributed by atoms with Crippen LogP contribution in [-0.2, 0) is 10.5 Å². The van der Waals surface area contributed by atoms with Crippen LogP contribution in [0.3, 0.4) is 0 Å². The van der Waals surface area contributed by atoms with Crippen molar-refractivity contribution in [1.82, 2.24) is 19.7 Å². The van der Waals surface area contributed by atoms with Crippen LogP contribution in [0.15, 0.2) is 83.4 Å². The Morgan fingerprint density at radius 1 is 1.21 bits per heavy atom. The average Bonchev–Trinajstić information content (AvgIpc) is 3.30. The van der Waals surface area contributed by atoms with E-state index < -0.39 is 11.0 Å². The molecule has 192 valence electrons. The van der Waals surface area contributed by atoms with E-state index in [0.717, 1.165) is 5.56 Å². The number of benzene rings is 2. The first kappa shape index (κ1) is 25.7. The van der Waals surface area contributed by atoms with Crippen molar-refractivity contribution >= 4 is 58.2 Å². The molecule has 1 aliphatic heterocycles. The lowest BCUT2D eigenvalue weighted by atomic mass is 9.95. The number of rotatable bonds is 7. The number of allylic oxidation sites excluding steroid dienone is 1. The number of fused-ring (bicyclic) bond motifs is 1. The van der Waals surface area contributed by atoms with E-state index in [1.807, 2.05) is 0 Å². The molecular weight excluding hydrogens is 549 g/mol. The third-order valence-electron chi connectivity index (χ3n) is 5.77. The molecule has 0 saturated carbocycles. The summed E-state index contributed by atoms with van der Waals surface area (Å²) in [7, 11) is 0.